The normalized spacial score (nSPS) is 12.3. The Labute approximate surface area is 123 Å². The van der Waals surface area contributed by atoms with E-state index in [4.69, 9.17) is 0 Å². The van der Waals surface area contributed by atoms with Crippen LogP contribution in [-0.4, -0.2) is 29.1 Å². The van der Waals surface area contributed by atoms with Gasteiger partial charge in [0.25, 0.3) is 5.91 Å². The van der Waals surface area contributed by atoms with Gasteiger partial charge in [-0.1, -0.05) is 30.3 Å². The van der Waals surface area contributed by atoms with Crippen LogP contribution in [-0.2, 0) is 0 Å². The third-order valence-corrected chi connectivity index (χ3v) is 3.92. The maximum atomic E-state index is 12.2. The summed E-state index contributed by atoms with van der Waals surface area (Å²) in [7, 11) is 0. The number of thioether (sulfide) groups is 1. The number of phenols is 1. The van der Waals surface area contributed by atoms with E-state index >= 15 is 0 Å². The average Bonchev–Trinajstić information content (AvgIpc) is 2.45. The molecule has 0 saturated heterocycles. The highest BCUT2D eigenvalue weighted by molar-refractivity contribution is 7.98. The van der Waals surface area contributed by atoms with Crippen LogP contribution in [0.15, 0.2) is 36.4 Å². The monoisotopic (exact) mass is 289 g/mol. The van der Waals surface area contributed by atoms with Gasteiger partial charge in [-0.2, -0.15) is 11.8 Å². The summed E-state index contributed by atoms with van der Waals surface area (Å²) in [5.74, 6) is 0.838. The van der Waals surface area contributed by atoms with E-state index in [0.29, 0.717) is 10.9 Å². The molecule has 0 fully saturated rings. The van der Waals surface area contributed by atoms with Gasteiger partial charge in [0, 0.05) is 11.4 Å². The van der Waals surface area contributed by atoms with Gasteiger partial charge in [0.1, 0.15) is 5.75 Å². The van der Waals surface area contributed by atoms with Crippen LogP contribution in [0.1, 0.15) is 23.7 Å². The van der Waals surface area contributed by atoms with Crippen LogP contribution in [0.25, 0.3) is 10.8 Å². The smallest absolute Gasteiger partial charge is 0.255 e. The van der Waals surface area contributed by atoms with Gasteiger partial charge in [0.15, 0.2) is 0 Å². The van der Waals surface area contributed by atoms with Gasteiger partial charge in [-0.3, -0.25) is 4.79 Å². The van der Waals surface area contributed by atoms with Crippen LogP contribution in [0.2, 0.25) is 0 Å². The molecule has 0 aliphatic rings. The van der Waals surface area contributed by atoms with Crippen molar-refractivity contribution in [2.45, 2.75) is 19.4 Å². The van der Waals surface area contributed by atoms with Crippen molar-refractivity contribution in [1.82, 2.24) is 5.32 Å². The standard InChI is InChI=1S/C16H19NO2S/c1-11(9-10-20-2)17-16(19)14-8-7-12-5-3-4-6-13(12)15(14)18/h3-8,11,18H,9-10H2,1-2H3,(H,17,19). The molecule has 2 aromatic carbocycles. The molecule has 4 heteroatoms. The molecule has 1 amide bonds. The minimum atomic E-state index is -0.221. The van der Waals surface area contributed by atoms with Crippen molar-refractivity contribution in [3.05, 3.63) is 42.0 Å². The molecule has 0 aliphatic carbocycles. The molecule has 0 aliphatic heterocycles. The number of hydrogen-bond acceptors (Lipinski definition) is 3. The molecule has 3 nitrogen and oxygen atoms in total. The number of rotatable bonds is 5. The Balaban J connectivity index is 2.20. The lowest BCUT2D eigenvalue weighted by atomic mass is 10.0. The number of amides is 1. The van der Waals surface area contributed by atoms with E-state index in [1.807, 2.05) is 43.5 Å². The fraction of sp³-hybridized carbons (Fsp3) is 0.312. The lowest BCUT2D eigenvalue weighted by Crippen LogP contribution is -2.32. The second kappa shape index (κ2) is 6.66. The van der Waals surface area contributed by atoms with Gasteiger partial charge >= 0.3 is 0 Å². The number of carbonyl (C=O) groups excluding carboxylic acids is 1. The van der Waals surface area contributed by atoms with E-state index in [-0.39, 0.29) is 17.7 Å². The van der Waals surface area contributed by atoms with Crippen LogP contribution in [0.5, 0.6) is 5.75 Å². The van der Waals surface area contributed by atoms with Crippen LogP contribution >= 0.6 is 11.8 Å². The zero-order valence-corrected chi connectivity index (χ0v) is 12.5. The zero-order valence-electron chi connectivity index (χ0n) is 11.7. The van der Waals surface area contributed by atoms with Crippen molar-refractivity contribution in [1.29, 1.82) is 0 Å². The van der Waals surface area contributed by atoms with E-state index in [1.54, 1.807) is 17.8 Å². The Kier molecular flexibility index (Phi) is 4.90. The molecule has 1 unspecified atom stereocenters. The Hall–Kier alpha value is -1.68. The van der Waals surface area contributed by atoms with Crippen molar-refractivity contribution in [3.8, 4) is 5.75 Å². The summed E-state index contributed by atoms with van der Waals surface area (Å²) in [5, 5.41) is 14.8. The minimum Gasteiger partial charge on any atom is -0.506 e. The first-order valence-electron chi connectivity index (χ1n) is 6.64. The van der Waals surface area contributed by atoms with Crippen LogP contribution in [0.4, 0.5) is 0 Å². The molecular formula is C16H19NO2S. The van der Waals surface area contributed by atoms with Crippen LogP contribution in [0.3, 0.4) is 0 Å². The number of nitrogens with one attached hydrogen (secondary N) is 1. The van der Waals surface area contributed by atoms with E-state index in [0.717, 1.165) is 17.6 Å². The van der Waals surface area contributed by atoms with Gasteiger partial charge < -0.3 is 10.4 Å². The summed E-state index contributed by atoms with van der Waals surface area (Å²) in [6.45, 7) is 1.98. The highest BCUT2D eigenvalue weighted by Crippen LogP contribution is 2.28. The quantitative estimate of drug-likeness (QED) is 0.886. The predicted octanol–water partition coefficient (Wildman–Crippen LogP) is 3.42. The topological polar surface area (TPSA) is 49.3 Å². The molecule has 0 bridgehead atoms. The summed E-state index contributed by atoms with van der Waals surface area (Å²) in [5.41, 5.74) is 0.333. The molecule has 20 heavy (non-hydrogen) atoms. The van der Waals surface area contributed by atoms with E-state index < -0.39 is 0 Å². The van der Waals surface area contributed by atoms with Crippen molar-refractivity contribution >= 4 is 28.4 Å². The fourth-order valence-electron chi connectivity index (χ4n) is 2.11. The first-order valence-corrected chi connectivity index (χ1v) is 8.03. The van der Waals surface area contributed by atoms with Crippen molar-refractivity contribution in [2.75, 3.05) is 12.0 Å². The molecule has 0 heterocycles. The van der Waals surface area contributed by atoms with Gasteiger partial charge in [0.05, 0.1) is 5.56 Å². The fourth-order valence-corrected chi connectivity index (χ4v) is 2.70. The minimum absolute atomic E-state index is 0.0534. The number of fused-ring (bicyclic) bond motifs is 1. The third kappa shape index (κ3) is 3.25. The lowest BCUT2D eigenvalue weighted by molar-refractivity contribution is 0.0937. The summed E-state index contributed by atoms with van der Waals surface area (Å²) in [4.78, 5) is 12.2. The molecule has 2 N–H and O–H groups in total. The molecule has 2 aromatic rings. The van der Waals surface area contributed by atoms with E-state index in [9.17, 15) is 9.90 Å². The molecule has 1 atom stereocenters. The summed E-state index contributed by atoms with van der Waals surface area (Å²) < 4.78 is 0. The van der Waals surface area contributed by atoms with Gasteiger partial charge in [-0.05, 0) is 36.8 Å². The van der Waals surface area contributed by atoms with E-state index in [2.05, 4.69) is 5.32 Å². The molecule has 0 radical (unpaired) electrons. The highest BCUT2D eigenvalue weighted by atomic mass is 32.2. The maximum absolute atomic E-state index is 12.2. The van der Waals surface area contributed by atoms with Gasteiger partial charge in [-0.25, -0.2) is 0 Å². The van der Waals surface area contributed by atoms with E-state index in [1.165, 1.54) is 0 Å². The molecule has 106 valence electrons. The average molecular weight is 289 g/mol. The first-order chi connectivity index (χ1) is 9.63. The summed E-state index contributed by atoms with van der Waals surface area (Å²) in [6.07, 6.45) is 2.96. The number of aromatic hydroxyl groups is 1. The Morgan fingerprint density at radius 1 is 1.30 bits per heavy atom. The first kappa shape index (κ1) is 14.7. The van der Waals surface area contributed by atoms with Gasteiger partial charge in [-0.15, -0.1) is 0 Å². The number of benzene rings is 2. The number of hydrogen-bond donors (Lipinski definition) is 2. The number of phenolic OH excluding ortho intramolecular Hbond substituents is 1. The number of carbonyl (C=O) groups is 1. The summed E-state index contributed by atoms with van der Waals surface area (Å²) in [6, 6.07) is 11.1. The van der Waals surface area contributed by atoms with Gasteiger partial charge in [0.2, 0.25) is 0 Å². The van der Waals surface area contributed by atoms with Crippen LogP contribution < -0.4 is 5.32 Å². The molecular weight excluding hydrogens is 270 g/mol. The Morgan fingerprint density at radius 2 is 2.05 bits per heavy atom. The van der Waals surface area contributed by atoms with Crippen LogP contribution in [0, 0.1) is 0 Å². The van der Waals surface area contributed by atoms with Crippen molar-refractivity contribution < 1.29 is 9.90 Å². The second-order valence-corrected chi connectivity index (χ2v) is 5.82. The molecule has 0 aromatic heterocycles. The maximum Gasteiger partial charge on any atom is 0.255 e. The van der Waals surface area contributed by atoms with Crippen molar-refractivity contribution in [3.63, 3.8) is 0 Å². The SMILES string of the molecule is CSCCC(C)NC(=O)c1ccc2ccccc2c1O. The van der Waals surface area contributed by atoms with Crippen molar-refractivity contribution in [2.24, 2.45) is 0 Å². The third-order valence-electron chi connectivity index (χ3n) is 3.28. The Bertz CT molecular complexity index is 612. The molecule has 0 saturated carbocycles. The largest absolute Gasteiger partial charge is 0.506 e. The molecule has 0 spiro atoms. The molecule has 2 rings (SSSR count). The lowest BCUT2D eigenvalue weighted by Gasteiger charge is -2.14. The zero-order chi connectivity index (χ0) is 14.5. The predicted molar refractivity (Wildman–Crippen MR) is 85.5 cm³/mol. The highest BCUT2D eigenvalue weighted by Gasteiger charge is 2.15. The second-order valence-electron chi connectivity index (χ2n) is 4.84. The summed E-state index contributed by atoms with van der Waals surface area (Å²) >= 11 is 1.76. The Morgan fingerprint density at radius 3 is 2.80 bits per heavy atom.